The van der Waals surface area contributed by atoms with Gasteiger partial charge in [0.05, 0.1) is 12.5 Å². The van der Waals surface area contributed by atoms with Gasteiger partial charge < -0.3 is 43.8 Å². The summed E-state index contributed by atoms with van der Waals surface area (Å²) in [7, 11) is 0. The summed E-state index contributed by atoms with van der Waals surface area (Å²) in [6.07, 6.45) is -8.64. The molecule has 0 bridgehead atoms. The SMILES string of the molecule is CCOC(=O)[C@H](Cc1ccccc1)NC(=O)[C@@H](CNC(=O)OCC1c2ccccc2-c2ccccc21)[C@@H]1O[C@H](COC(C)=O)[C@@H](OC(C)=O)[C@H](OC(C)=O)[C@H]1OC(C)=O. The van der Waals surface area contributed by atoms with Crippen molar-refractivity contribution in [2.75, 3.05) is 26.4 Å². The van der Waals surface area contributed by atoms with Crippen LogP contribution in [0.4, 0.5) is 4.79 Å². The molecule has 2 aliphatic rings. The Morgan fingerprint density at radius 3 is 1.78 bits per heavy atom. The second-order valence-electron chi connectivity index (χ2n) is 14.0. The predicted molar refractivity (Wildman–Crippen MR) is 207 cm³/mol. The molecule has 1 saturated heterocycles. The Hall–Kier alpha value is -6.29. The van der Waals surface area contributed by atoms with E-state index >= 15 is 0 Å². The van der Waals surface area contributed by atoms with Crippen molar-refractivity contribution in [1.82, 2.24) is 10.6 Å². The first-order valence-electron chi connectivity index (χ1n) is 19.2. The van der Waals surface area contributed by atoms with E-state index in [1.54, 1.807) is 37.3 Å². The molecule has 16 nitrogen and oxygen atoms in total. The predicted octanol–water partition coefficient (Wildman–Crippen LogP) is 3.56. The van der Waals surface area contributed by atoms with E-state index in [-0.39, 0.29) is 25.6 Å². The highest BCUT2D eigenvalue weighted by Crippen LogP contribution is 2.44. The van der Waals surface area contributed by atoms with Crippen LogP contribution in [0.2, 0.25) is 0 Å². The van der Waals surface area contributed by atoms with Gasteiger partial charge in [-0.05, 0) is 34.7 Å². The van der Waals surface area contributed by atoms with E-state index < -0.39 is 97.5 Å². The fourth-order valence-electron chi connectivity index (χ4n) is 7.35. The molecule has 3 aromatic rings. The quantitative estimate of drug-likeness (QED) is 0.157. The van der Waals surface area contributed by atoms with Crippen molar-refractivity contribution < 1.29 is 66.7 Å². The zero-order valence-electron chi connectivity index (χ0n) is 33.4. The molecule has 0 saturated carbocycles. The molecule has 0 aromatic heterocycles. The Bertz CT molecular complexity index is 1960. The molecule has 1 heterocycles. The number of nitrogens with one attached hydrogen (secondary N) is 2. The van der Waals surface area contributed by atoms with Crippen LogP contribution in [0.5, 0.6) is 0 Å². The Kier molecular flexibility index (Phi) is 15.2. The van der Waals surface area contributed by atoms with E-state index in [4.69, 9.17) is 33.2 Å². The minimum atomic E-state index is -1.65. The molecule has 59 heavy (non-hydrogen) atoms. The van der Waals surface area contributed by atoms with E-state index in [1.165, 1.54) is 0 Å². The molecule has 5 rings (SSSR count). The first-order chi connectivity index (χ1) is 28.3. The van der Waals surface area contributed by atoms with Gasteiger partial charge in [0.2, 0.25) is 5.91 Å². The molecule has 3 aromatic carbocycles. The smallest absolute Gasteiger partial charge is 0.407 e. The lowest BCUT2D eigenvalue weighted by Gasteiger charge is -2.46. The van der Waals surface area contributed by atoms with Gasteiger partial charge >= 0.3 is 35.9 Å². The van der Waals surface area contributed by atoms with Crippen LogP contribution in [0.25, 0.3) is 11.1 Å². The number of esters is 5. The third kappa shape index (κ3) is 11.4. The molecule has 0 radical (unpaired) electrons. The van der Waals surface area contributed by atoms with Gasteiger partial charge in [-0.1, -0.05) is 78.9 Å². The topological polar surface area (TPSA) is 208 Å². The zero-order chi connectivity index (χ0) is 42.6. The number of alkyl carbamates (subject to hydrolysis) is 1. The maximum absolute atomic E-state index is 14.6. The normalized spacial score (nSPS) is 20.3. The number of benzene rings is 3. The van der Waals surface area contributed by atoms with Crippen molar-refractivity contribution in [1.29, 1.82) is 0 Å². The van der Waals surface area contributed by atoms with Crippen LogP contribution in [-0.2, 0) is 68.3 Å². The lowest BCUT2D eigenvalue weighted by molar-refractivity contribution is -0.259. The van der Waals surface area contributed by atoms with Crippen LogP contribution in [0.15, 0.2) is 78.9 Å². The van der Waals surface area contributed by atoms with Gasteiger partial charge in [-0.2, -0.15) is 0 Å². The Morgan fingerprint density at radius 1 is 0.644 bits per heavy atom. The molecule has 0 unspecified atom stereocenters. The highest BCUT2D eigenvalue weighted by molar-refractivity contribution is 5.87. The number of hydrogen-bond donors (Lipinski definition) is 2. The van der Waals surface area contributed by atoms with Gasteiger partial charge in [0.15, 0.2) is 18.3 Å². The van der Waals surface area contributed by atoms with Crippen LogP contribution < -0.4 is 10.6 Å². The highest BCUT2D eigenvalue weighted by atomic mass is 16.7. The van der Waals surface area contributed by atoms with E-state index in [9.17, 15) is 33.6 Å². The second kappa shape index (κ2) is 20.4. The maximum Gasteiger partial charge on any atom is 0.407 e. The van der Waals surface area contributed by atoms with Gasteiger partial charge in [0.1, 0.15) is 31.5 Å². The second-order valence-corrected chi connectivity index (χ2v) is 14.0. The minimum absolute atomic E-state index is 0.00640. The Balaban J connectivity index is 1.49. The molecule has 7 atom stereocenters. The number of fused-ring (bicyclic) bond motifs is 3. The maximum atomic E-state index is 14.6. The molecule has 1 aliphatic heterocycles. The third-order valence-electron chi connectivity index (χ3n) is 9.74. The van der Waals surface area contributed by atoms with Gasteiger partial charge in [-0.3, -0.25) is 24.0 Å². The van der Waals surface area contributed by atoms with Crippen molar-refractivity contribution in [3.05, 3.63) is 95.6 Å². The Labute approximate surface area is 341 Å². The largest absolute Gasteiger partial charge is 0.464 e. The molecule has 2 amide bonds. The molecule has 2 N–H and O–H groups in total. The van der Waals surface area contributed by atoms with E-state index in [1.807, 2.05) is 48.5 Å². The average molecular weight is 817 g/mol. The van der Waals surface area contributed by atoms with Crippen molar-refractivity contribution >= 4 is 41.8 Å². The van der Waals surface area contributed by atoms with Crippen LogP contribution in [0.1, 0.15) is 57.2 Å². The fourth-order valence-corrected chi connectivity index (χ4v) is 7.35. The summed E-state index contributed by atoms with van der Waals surface area (Å²) in [6, 6.07) is 23.1. The monoisotopic (exact) mass is 816 g/mol. The van der Waals surface area contributed by atoms with Crippen molar-refractivity contribution in [3.8, 4) is 11.1 Å². The average Bonchev–Trinajstić information content (AvgIpc) is 3.51. The first kappa shape index (κ1) is 43.8. The number of carbonyl (C=O) groups excluding carboxylic acids is 7. The molecule has 16 heteroatoms. The molecule has 1 aliphatic carbocycles. The van der Waals surface area contributed by atoms with Crippen LogP contribution in [0.3, 0.4) is 0 Å². The standard InChI is InChI=1S/C43H48N2O14/c1-6-53-42(51)35(20-28-14-8-7-9-15-28)45-41(50)33(21-44-43(52)55-22-34-31-18-12-10-16-29(31)30-17-11-13-19-32(30)34)37-39(57-26(4)48)40(58-27(5)49)38(56-25(3)47)36(59-37)23-54-24(2)46/h7-19,33-40H,6,20-23H2,1-5H3,(H,44,52)(H,45,50)/t33-,35-,36+,37-,38+,39-,40-/m0/s1. The van der Waals surface area contributed by atoms with E-state index in [0.717, 1.165) is 49.9 Å². The van der Waals surface area contributed by atoms with Crippen LogP contribution >= 0.6 is 0 Å². The number of rotatable bonds is 16. The third-order valence-corrected chi connectivity index (χ3v) is 9.74. The summed E-state index contributed by atoms with van der Waals surface area (Å²) in [5, 5.41) is 5.31. The first-order valence-corrected chi connectivity index (χ1v) is 19.2. The van der Waals surface area contributed by atoms with Crippen molar-refractivity contribution in [3.63, 3.8) is 0 Å². The van der Waals surface area contributed by atoms with Crippen LogP contribution in [-0.4, -0.2) is 105 Å². The molecular weight excluding hydrogens is 768 g/mol. The zero-order valence-corrected chi connectivity index (χ0v) is 33.4. The van der Waals surface area contributed by atoms with E-state index in [2.05, 4.69) is 10.6 Å². The fraction of sp³-hybridized carbons (Fsp3) is 0.419. The lowest BCUT2D eigenvalue weighted by Crippen LogP contribution is -2.66. The van der Waals surface area contributed by atoms with Gasteiger partial charge in [0, 0.05) is 46.6 Å². The number of hydrogen-bond acceptors (Lipinski definition) is 14. The summed E-state index contributed by atoms with van der Waals surface area (Å²) < 4.78 is 39.3. The summed E-state index contributed by atoms with van der Waals surface area (Å²) >= 11 is 0. The minimum Gasteiger partial charge on any atom is -0.464 e. The summed E-state index contributed by atoms with van der Waals surface area (Å²) in [5.74, 6) is -6.79. The molecule has 1 fully saturated rings. The Morgan fingerprint density at radius 2 is 1.20 bits per heavy atom. The van der Waals surface area contributed by atoms with E-state index in [0.29, 0.717) is 5.56 Å². The number of ether oxygens (including phenoxy) is 7. The summed E-state index contributed by atoms with van der Waals surface area (Å²) in [6.45, 7) is 4.80. The van der Waals surface area contributed by atoms with Crippen LogP contribution in [0, 0.1) is 5.92 Å². The summed E-state index contributed by atoms with van der Waals surface area (Å²) in [4.78, 5) is 90.9. The molecule has 314 valence electrons. The summed E-state index contributed by atoms with van der Waals surface area (Å²) in [5.41, 5.74) is 4.67. The van der Waals surface area contributed by atoms with Gasteiger partial charge in [0.25, 0.3) is 0 Å². The molecular formula is C43H48N2O14. The lowest BCUT2D eigenvalue weighted by atomic mass is 9.86. The highest BCUT2D eigenvalue weighted by Gasteiger charge is 2.55. The van der Waals surface area contributed by atoms with Gasteiger partial charge in [-0.15, -0.1) is 0 Å². The van der Waals surface area contributed by atoms with Crippen molar-refractivity contribution in [2.45, 2.75) is 83.5 Å². The van der Waals surface area contributed by atoms with Crippen molar-refractivity contribution in [2.24, 2.45) is 5.92 Å². The molecule has 0 spiro atoms. The number of amides is 2. The number of carbonyl (C=O) groups is 7. The van der Waals surface area contributed by atoms with Gasteiger partial charge in [-0.25, -0.2) is 9.59 Å².